The van der Waals surface area contributed by atoms with Crippen LogP contribution in [0.2, 0.25) is 0 Å². The molecule has 0 spiro atoms. The van der Waals surface area contributed by atoms with Gasteiger partial charge in [-0.3, -0.25) is 19.2 Å². The van der Waals surface area contributed by atoms with E-state index in [1.807, 2.05) is 0 Å². The fourth-order valence-corrected chi connectivity index (χ4v) is 5.02. The maximum Gasteiger partial charge on any atom is 0.238 e. The molecule has 0 aromatic heterocycles. The van der Waals surface area contributed by atoms with E-state index in [0.29, 0.717) is 24.3 Å². The van der Waals surface area contributed by atoms with Crippen molar-refractivity contribution in [2.75, 3.05) is 11.7 Å². The zero-order valence-corrected chi connectivity index (χ0v) is 14.2. The second-order valence-corrected chi connectivity index (χ2v) is 7.46. The molecule has 4 fully saturated rings. The zero-order chi connectivity index (χ0) is 18.2. The molecule has 2 amide bonds. The van der Waals surface area contributed by atoms with Crippen molar-refractivity contribution in [3.63, 3.8) is 0 Å². The van der Waals surface area contributed by atoms with Crippen molar-refractivity contribution in [2.24, 2.45) is 23.7 Å². The van der Waals surface area contributed by atoms with E-state index in [1.165, 1.54) is 19.1 Å². The molecule has 3 aliphatic carbocycles. The summed E-state index contributed by atoms with van der Waals surface area (Å²) in [5.41, 5.74) is 0.478. The molecule has 4 atom stereocenters. The average molecular weight is 355 g/mol. The van der Waals surface area contributed by atoms with Crippen molar-refractivity contribution in [1.29, 1.82) is 0 Å². The quantitative estimate of drug-likeness (QED) is 0.593. The van der Waals surface area contributed by atoms with Crippen LogP contribution in [0.25, 0.3) is 0 Å². The molecule has 6 rings (SSSR count). The number of ketones is 2. The molecule has 2 aliphatic heterocycles. The Morgan fingerprint density at radius 1 is 1.04 bits per heavy atom. The molecule has 2 heterocycles. The van der Waals surface area contributed by atoms with Crippen molar-refractivity contribution >= 4 is 29.1 Å². The molecular formula is C19H17NO6. The number of fused-ring (bicyclic) bond motifs is 3. The van der Waals surface area contributed by atoms with Crippen LogP contribution in [-0.4, -0.2) is 30.2 Å². The van der Waals surface area contributed by atoms with Gasteiger partial charge in [-0.05, 0) is 31.7 Å². The first kappa shape index (κ1) is 15.5. The van der Waals surface area contributed by atoms with Crippen molar-refractivity contribution in [2.45, 2.75) is 26.2 Å². The van der Waals surface area contributed by atoms with Gasteiger partial charge in [-0.25, -0.2) is 4.90 Å². The number of Topliss-reactive ketones (excluding diaryl/α,β-unsaturated/α-hetero) is 2. The SMILES string of the molecule is CC(=O)c1cc2c(cc1N1C(=O)C3C4CCC(C(=O)C4)C3C1=O)OCO2. The molecule has 1 saturated heterocycles. The van der Waals surface area contributed by atoms with Gasteiger partial charge in [-0.1, -0.05) is 0 Å². The lowest BCUT2D eigenvalue weighted by molar-refractivity contribution is -0.143. The number of carbonyl (C=O) groups excluding carboxylic acids is 4. The van der Waals surface area contributed by atoms with Crippen LogP contribution in [0.5, 0.6) is 11.5 Å². The molecule has 7 heteroatoms. The number of rotatable bonds is 2. The van der Waals surface area contributed by atoms with Gasteiger partial charge >= 0.3 is 0 Å². The molecule has 3 saturated carbocycles. The minimum atomic E-state index is -0.590. The van der Waals surface area contributed by atoms with Gasteiger partial charge in [0.25, 0.3) is 0 Å². The number of amides is 2. The number of hydrogen-bond acceptors (Lipinski definition) is 6. The minimum absolute atomic E-state index is 0.0297. The van der Waals surface area contributed by atoms with Crippen LogP contribution >= 0.6 is 0 Å². The number of carbonyl (C=O) groups is 4. The standard InChI is InChI=1S/C19H17NO6/c1-8(21)11-5-14-15(26-7-25-14)6-12(11)20-18(23)16-9-2-3-10(13(22)4-9)17(16)19(20)24/h5-6,9-10,16-17H,2-4,7H2,1H3. The van der Waals surface area contributed by atoms with E-state index >= 15 is 0 Å². The third-order valence-electron chi connectivity index (χ3n) is 6.18. The van der Waals surface area contributed by atoms with Crippen LogP contribution in [-0.2, 0) is 14.4 Å². The monoisotopic (exact) mass is 355 g/mol. The highest BCUT2D eigenvalue weighted by Crippen LogP contribution is 2.53. The highest BCUT2D eigenvalue weighted by atomic mass is 16.7. The molecule has 1 aromatic carbocycles. The zero-order valence-electron chi connectivity index (χ0n) is 14.2. The van der Waals surface area contributed by atoms with Gasteiger partial charge in [-0.15, -0.1) is 0 Å². The second kappa shape index (κ2) is 5.16. The van der Waals surface area contributed by atoms with Crippen LogP contribution in [0, 0.1) is 23.7 Å². The number of nitrogens with zero attached hydrogens (tertiary/aromatic N) is 1. The largest absolute Gasteiger partial charge is 0.454 e. The number of hydrogen-bond donors (Lipinski definition) is 0. The minimum Gasteiger partial charge on any atom is -0.454 e. The lowest BCUT2D eigenvalue weighted by atomic mass is 9.59. The fraction of sp³-hybridized carbons (Fsp3) is 0.474. The Labute approximate surface area is 149 Å². The summed E-state index contributed by atoms with van der Waals surface area (Å²) in [6.45, 7) is 1.41. The van der Waals surface area contributed by atoms with Gasteiger partial charge in [0.15, 0.2) is 17.3 Å². The van der Waals surface area contributed by atoms with Crippen LogP contribution in [0.3, 0.4) is 0 Å². The summed E-state index contributed by atoms with van der Waals surface area (Å²) in [6.07, 6.45) is 1.84. The smallest absolute Gasteiger partial charge is 0.238 e. The van der Waals surface area contributed by atoms with Crippen LogP contribution in [0.1, 0.15) is 36.5 Å². The predicted octanol–water partition coefficient (Wildman–Crippen LogP) is 1.72. The van der Waals surface area contributed by atoms with E-state index in [9.17, 15) is 19.2 Å². The van der Waals surface area contributed by atoms with Gasteiger partial charge in [0.2, 0.25) is 18.6 Å². The Morgan fingerprint density at radius 3 is 2.42 bits per heavy atom. The average Bonchev–Trinajstić information content (AvgIpc) is 3.17. The van der Waals surface area contributed by atoms with Gasteiger partial charge in [0.05, 0.1) is 17.5 Å². The predicted molar refractivity (Wildman–Crippen MR) is 87.9 cm³/mol. The first-order chi connectivity index (χ1) is 12.5. The maximum atomic E-state index is 13.1. The molecule has 5 aliphatic rings. The molecule has 4 unspecified atom stereocenters. The lowest BCUT2D eigenvalue weighted by Gasteiger charge is -2.41. The summed E-state index contributed by atoms with van der Waals surface area (Å²) in [5, 5.41) is 0. The summed E-state index contributed by atoms with van der Waals surface area (Å²) in [4.78, 5) is 51.8. The van der Waals surface area contributed by atoms with Gasteiger partial charge < -0.3 is 9.47 Å². The van der Waals surface area contributed by atoms with Gasteiger partial charge in [-0.2, -0.15) is 0 Å². The van der Waals surface area contributed by atoms with Crippen LogP contribution in [0.4, 0.5) is 5.69 Å². The molecule has 26 heavy (non-hydrogen) atoms. The van der Waals surface area contributed by atoms with Gasteiger partial charge in [0, 0.05) is 24.0 Å². The van der Waals surface area contributed by atoms with Gasteiger partial charge in [0.1, 0.15) is 5.78 Å². The van der Waals surface area contributed by atoms with E-state index in [0.717, 1.165) is 11.3 Å². The first-order valence-corrected chi connectivity index (χ1v) is 8.82. The van der Waals surface area contributed by atoms with Crippen molar-refractivity contribution in [3.05, 3.63) is 17.7 Å². The Hall–Kier alpha value is -2.70. The van der Waals surface area contributed by atoms with Crippen molar-refractivity contribution < 1.29 is 28.7 Å². The molecule has 134 valence electrons. The molecule has 0 N–H and O–H groups in total. The summed E-state index contributed by atoms with van der Waals surface area (Å²) in [7, 11) is 0. The summed E-state index contributed by atoms with van der Waals surface area (Å²) < 4.78 is 10.7. The third kappa shape index (κ3) is 1.88. The molecular weight excluding hydrogens is 338 g/mol. The topological polar surface area (TPSA) is 90.0 Å². The summed E-state index contributed by atoms with van der Waals surface area (Å²) in [5.74, 6) is -1.53. The fourth-order valence-electron chi connectivity index (χ4n) is 5.02. The number of imide groups is 1. The van der Waals surface area contributed by atoms with Crippen molar-refractivity contribution in [1.82, 2.24) is 0 Å². The third-order valence-corrected chi connectivity index (χ3v) is 6.18. The summed E-state index contributed by atoms with van der Waals surface area (Å²) >= 11 is 0. The molecule has 7 nitrogen and oxygen atoms in total. The highest BCUT2D eigenvalue weighted by Gasteiger charge is 2.61. The van der Waals surface area contributed by atoms with E-state index < -0.39 is 11.8 Å². The van der Waals surface area contributed by atoms with Crippen molar-refractivity contribution in [3.8, 4) is 11.5 Å². The Kier molecular flexibility index (Phi) is 3.08. The van der Waals surface area contributed by atoms with E-state index in [-0.39, 0.29) is 53.3 Å². The van der Waals surface area contributed by atoms with Crippen LogP contribution < -0.4 is 14.4 Å². The summed E-state index contributed by atoms with van der Waals surface area (Å²) in [6, 6.07) is 3.04. The van der Waals surface area contributed by atoms with E-state index in [2.05, 4.69) is 0 Å². The Balaban J connectivity index is 1.63. The Morgan fingerprint density at radius 2 is 1.73 bits per heavy atom. The van der Waals surface area contributed by atoms with Crippen LogP contribution in [0.15, 0.2) is 12.1 Å². The normalized spacial score (nSPS) is 31.6. The molecule has 0 radical (unpaired) electrons. The Bertz CT molecular complexity index is 890. The second-order valence-electron chi connectivity index (χ2n) is 7.46. The van der Waals surface area contributed by atoms with E-state index in [1.54, 1.807) is 0 Å². The number of anilines is 1. The lowest BCUT2D eigenvalue weighted by Crippen LogP contribution is -2.46. The maximum absolute atomic E-state index is 13.1. The highest BCUT2D eigenvalue weighted by molar-refractivity contribution is 6.25. The molecule has 1 aromatic rings. The van der Waals surface area contributed by atoms with E-state index in [4.69, 9.17) is 9.47 Å². The number of benzene rings is 1. The molecule has 2 bridgehead atoms. The first-order valence-electron chi connectivity index (χ1n) is 8.82. The number of ether oxygens (including phenoxy) is 2.